The number of piperazine rings is 1. The number of halogens is 1. The Bertz CT molecular complexity index is 946. The van der Waals surface area contributed by atoms with Crippen molar-refractivity contribution in [2.75, 3.05) is 38.0 Å². The van der Waals surface area contributed by atoms with E-state index < -0.39 is 0 Å². The molecular weight excluding hydrogens is 452 g/mol. The van der Waals surface area contributed by atoms with Crippen molar-refractivity contribution in [2.24, 2.45) is 11.8 Å². The predicted molar refractivity (Wildman–Crippen MR) is 134 cm³/mol. The second-order valence-corrected chi connectivity index (χ2v) is 10.7. The molecule has 3 aliphatic rings. The molecule has 1 aromatic rings. The Morgan fingerprint density at radius 3 is 2.41 bits per heavy atom. The number of benzene rings is 1. The van der Waals surface area contributed by atoms with Gasteiger partial charge in [0.2, 0.25) is 17.7 Å². The molecule has 0 spiro atoms. The summed E-state index contributed by atoms with van der Waals surface area (Å²) in [6.07, 6.45) is 5.10. The number of nitrogens with one attached hydrogen (secondary N) is 1. The van der Waals surface area contributed by atoms with Gasteiger partial charge in [0.25, 0.3) is 0 Å². The standard InChI is InChI=1S/C26H37ClN4O3/c1-17-14-29(10-11-31(17)26(34)20-6-4-5-7-20)15-22-12-23(27)13-24(18(22)2)28-25(33)21-8-9-30(16-21)19(3)32/h12-13,17,20-21H,4-11,14-16H2,1-3H3,(H,28,33)/t17-,21+/m0/s1. The number of amides is 3. The number of carbonyl (C=O) groups is 3. The lowest BCUT2D eigenvalue weighted by Crippen LogP contribution is -2.54. The van der Waals surface area contributed by atoms with Crippen LogP contribution in [0.1, 0.15) is 57.1 Å². The molecule has 4 rings (SSSR count). The van der Waals surface area contributed by atoms with Gasteiger partial charge in [0.1, 0.15) is 0 Å². The van der Waals surface area contributed by atoms with E-state index in [4.69, 9.17) is 11.6 Å². The largest absolute Gasteiger partial charge is 0.342 e. The smallest absolute Gasteiger partial charge is 0.229 e. The quantitative estimate of drug-likeness (QED) is 0.686. The number of hydrogen-bond acceptors (Lipinski definition) is 4. The minimum atomic E-state index is -0.197. The Morgan fingerprint density at radius 2 is 1.76 bits per heavy atom. The summed E-state index contributed by atoms with van der Waals surface area (Å²) < 4.78 is 0. The number of nitrogens with zero attached hydrogens (tertiary/aromatic N) is 3. The van der Waals surface area contributed by atoms with Gasteiger partial charge in [-0.25, -0.2) is 0 Å². The summed E-state index contributed by atoms with van der Waals surface area (Å²) in [4.78, 5) is 43.5. The molecule has 0 bridgehead atoms. The van der Waals surface area contributed by atoms with Gasteiger partial charge < -0.3 is 15.1 Å². The SMILES string of the molecule is CC(=O)N1CC[C@@H](C(=O)Nc2cc(Cl)cc(CN3CCN(C(=O)C4CCCC4)[C@@H](C)C3)c2C)C1. The fourth-order valence-corrected chi connectivity index (χ4v) is 5.92. The highest BCUT2D eigenvalue weighted by atomic mass is 35.5. The second-order valence-electron chi connectivity index (χ2n) is 10.3. The molecule has 0 unspecified atom stereocenters. The van der Waals surface area contributed by atoms with Crippen LogP contribution in [0.15, 0.2) is 12.1 Å². The van der Waals surface area contributed by atoms with E-state index in [-0.39, 0.29) is 29.7 Å². The Morgan fingerprint density at radius 1 is 1.03 bits per heavy atom. The fraction of sp³-hybridized carbons (Fsp3) is 0.654. The monoisotopic (exact) mass is 488 g/mol. The molecule has 1 aliphatic carbocycles. The summed E-state index contributed by atoms with van der Waals surface area (Å²) in [7, 11) is 0. The van der Waals surface area contributed by atoms with Gasteiger partial charge in [0.15, 0.2) is 0 Å². The van der Waals surface area contributed by atoms with Crippen LogP contribution in [0, 0.1) is 18.8 Å². The molecule has 1 saturated carbocycles. The van der Waals surface area contributed by atoms with Gasteiger partial charge in [-0.3, -0.25) is 19.3 Å². The van der Waals surface area contributed by atoms with Gasteiger partial charge in [-0.15, -0.1) is 0 Å². The Hall–Kier alpha value is -2.12. The first-order valence-electron chi connectivity index (χ1n) is 12.6. The third-order valence-electron chi connectivity index (χ3n) is 7.84. The van der Waals surface area contributed by atoms with Crippen LogP contribution in [0.3, 0.4) is 0 Å². The first kappa shape index (κ1) is 25.0. The summed E-state index contributed by atoms with van der Waals surface area (Å²) in [5.41, 5.74) is 2.83. The number of carbonyl (C=O) groups excluding carboxylic acids is 3. The Balaban J connectivity index is 1.38. The molecule has 3 amide bonds. The summed E-state index contributed by atoms with van der Waals surface area (Å²) in [5.74, 6) is 0.308. The maximum atomic E-state index is 12.9. The number of likely N-dealkylation sites (tertiary alicyclic amines) is 1. The maximum absolute atomic E-state index is 12.9. The lowest BCUT2D eigenvalue weighted by molar-refractivity contribution is -0.140. The lowest BCUT2D eigenvalue weighted by Gasteiger charge is -2.41. The molecule has 3 fully saturated rings. The van der Waals surface area contributed by atoms with E-state index in [1.165, 1.54) is 12.8 Å². The highest BCUT2D eigenvalue weighted by Gasteiger charge is 2.33. The van der Waals surface area contributed by atoms with Crippen LogP contribution in [0.2, 0.25) is 5.02 Å². The van der Waals surface area contributed by atoms with Crippen LogP contribution in [0.25, 0.3) is 0 Å². The zero-order chi connectivity index (χ0) is 24.4. The van der Waals surface area contributed by atoms with Gasteiger partial charge in [0, 0.05) is 68.9 Å². The zero-order valence-electron chi connectivity index (χ0n) is 20.6. The van der Waals surface area contributed by atoms with Gasteiger partial charge in [-0.2, -0.15) is 0 Å². The van der Waals surface area contributed by atoms with Crippen molar-refractivity contribution in [3.63, 3.8) is 0 Å². The number of hydrogen-bond donors (Lipinski definition) is 1. The van der Waals surface area contributed by atoms with E-state index in [9.17, 15) is 14.4 Å². The van der Waals surface area contributed by atoms with Crippen LogP contribution in [0.5, 0.6) is 0 Å². The Kier molecular flexibility index (Phi) is 7.83. The van der Waals surface area contributed by atoms with Crippen LogP contribution in [-0.2, 0) is 20.9 Å². The van der Waals surface area contributed by atoms with Crippen LogP contribution < -0.4 is 5.32 Å². The topological polar surface area (TPSA) is 73.0 Å². The van der Waals surface area contributed by atoms with E-state index in [1.54, 1.807) is 17.9 Å². The maximum Gasteiger partial charge on any atom is 0.229 e. The molecule has 2 aliphatic heterocycles. The minimum absolute atomic E-state index is 0.00999. The van der Waals surface area contributed by atoms with Crippen LogP contribution >= 0.6 is 11.6 Å². The van der Waals surface area contributed by atoms with Crippen molar-refractivity contribution in [1.29, 1.82) is 0 Å². The van der Waals surface area contributed by atoms with Crippen LogP contribution in [-0.4, -0.2) is 71.2 Å². The first-order valence-corrected chi connectivity index (χ1v) is 13.0. The van der Waals surface area contributed by atoms with Crippen molar-refractivity contribution >= 4 is 35.0 Å². The molecule has 1 N–H and O–H groups in total. The lowest BCUT2D eigenvalue weighted by atomic mass is 10.0. The molecule has 2 atom stereocenters. The Labute approximate surface area is 207 Å². The molecule has 2 heterocycles. The number of anilines is 1. The van der Waals surface area contributed by atoms with E-state index in [2.05, 4.69) is 22.0 Å². The highest BCUT2D eigenvalue weighted by molar-refractivity contribution is 6.31. The highest BCUT2D eigenvalue weighted by Crippen LogP contribution is 2.30. The molecule has 0 aromatic heterocycles. The molecule has 1 aromatic carbocycles. The summed E-state index contributed by atoms with van der Waals surface area (Å²) >= 11 is 6.44. The molecular formula is C26H37ClN4O3. The normalized spacial score (nSPS) is 24.0. The van der Waals surface area contributed by atoms with Gasteiger partial charge in [-0.1, -0.05) is 24.4 Å². The molecule has 186 valence electrons. The molecule has 8 heteroatoms. The zero-order valence-corrected chi connectivity index (χ0v) is 21.4. The minimum Gasteiger partial charge on any atom is -0.342 e. The van der Waals surface area contributed by atoms with Crippen molar-refractivity contribution in [3.8, 4) is 0 Å². The predicted octanol–water partition coefficient (Wildman–Crippen LogP) is 3.68. The first-order chi connectivity index (χ1) is 16.2. The molecule has 2 saturated heterocycles. The number of rotatable bonds is 5. The summed E-state index contributed by atoms with van der Waals surface area (Å²) in [6.45, 7) is 9.94. The second kappa shape index (κ2) is 10.6. The van der Waals surface area contributed by atoms with Gasteiger partial charge in [0.05, 0.1) is 5.92 Å². The van der Waals surface area contributed by atoms with E-state index >= 15 is 0 Å². The van der Waals surface area contributed by atoms with Crippen molar-refractivity contribution in [2.45, 2.75) is 65.5 Å². The average molecular weight is 489 g/mol. The van der Waals surface area contributed by atoms with Crippen LogP contribution in [0.4, 0.5) is 5.69 Å². The van der Waals surface area contributed by atoms with Crippen molar-refractivity contribution < 1.29 is 14.4 Å². The molecule has 34 heavy (non-hydrogen) atoms. The van der Waals surface area contributed by atoms with E-state index in [0.717, 1.165) is 55.8 Å². The van der Waals surface area contributed by atoms with Gasteiger partial charge >= 0.3 is 0 Å². The average Bonchev–Trinajstić information content (AvgIpc) is 3.49. The van der Waals surface area contributed by atoms with E-state index in [0.29, 0.717) is 30.4 Å². The van der Waals surface area contributed by atoms with Crippen molar-refractivity contribution in [1.82, 2.24) is 14.7 Å². The van der Waals surface area contributed by atoms with Crippen molar-refractivity contribution in [3.05, 3.63) is 28.3 Å². The molecule has 0 radical (unpaired) electrons. The third-order valence-corrected chi connectivity index (χ3v) is 8.05. The van der Waals surface area contributed by atoms with E-state index in [1.807, 2.05) is 13.0 Å². The third kappa shape index (κ3) is 5.57. The summed E-state index contributed by atoms with van der Waals surface area (Å²) in [5, 5.41) is 3.65. The fourth-order valence-electron chi connectivity index (χ4n) is 5.68. The summed E-state index contributed by atoms with van der Waals surface area (Å²) in [6, 6.07) is 3.96. The molecule has 7 nitrogen and oxygen atoms in total. The van der Waals surface area contributed by atoms with Gasteiger partial charge in [-0.05, 0) is 56.4 Å².